The molecule has 1 heterocycles. The maximum atomic E-state index is 9.67. The van der Waals surface area contributed by atoms with E-state index in [1.54, 1.807) is 6.92 Å². The zero-order chi connectivity index (χ0) is 13.2. The predicted octanol–water partition coefficient (Wildman–Crippen LogP) is 3.08. The van der Waals surface area contributed by atoms with Gasteiger partial charge in [-0.25, -0.2) is 0 Å². The van der Waals surface area contributed by atoms with Crippen LogP contribution in [0, 0.1) is 0 Å². The number of hydrogen-bond donors (Lipinski definition) is 1. The number of hydrogen-bond acceptors (Lipinski definition) is 3. The molecule has 0 amide bonds. The Morgan fingerprint density at radius 2 is 2.17 bits per heavy atom. The Balaban J connectivity index is 1.95. The zero-order valence-electron chi connectivity index (χ0n) is 11.3. The van der Waals surface area contributed by atoms with Gasteiger partial charge in [-0.1, -0.05) is 18.2 Å². The van der Waals surface area contributed by atoms with Crippen LogP contribution < -0.4 is 4.74 Å². The summed E-state index contributed by atoms with van der Waals surface area (Å²) < 4.78 is 11.7. The molecule has 0 radical (unpaired) electrons. The molecule has 1 aliphatic rings. The van der Waals surface area contributed by atoms with Gasteiger partial charge in [0.2, 0.25) is 0 Å². The van der Waals surface area contributed by atoms with Crippen molar-refractivity contribution < 1.29 is 14.6 Å². The molecule has 18 heavy (non-hydrogen) atoms. The molecule has 1 aromatic carbocycles. The van der Waals surface area contributed by atoms with Gasteiger partial charge < -0.3 is 14.6 Å². The summed E-state index contributed by atoms with van der Waals surface area (Å²) in [5, 5.41) is 9.67. The van der Waals surface area contributed by atoms with Crippen molar-refractivity contribution in [2.45, 2.75) is 51.4 Å². The molecule has 3 heteroatoms. The molecule has 0 aromatic heterocycles. The quantitative estimate of drug-likeness (QED) is 0.892. The van der Waals surface area contributed by atoms with Gasteiger partial charge in [0, 0.05) is 5.56 Å². The standard InChI is InChI=1S/C15H22O3/c1-11(16)13-6-4-5-7-14(13)17-10-12-8-9-15(2,3)18-12/h4-7,11-12,16H,8-10H2,1-3H3. The van der Waals surface area contributed by atoms with Crippen LogP contribution in [-0.4, -0.2) is 23.4 Å². The maximum absolute atomic E-state index is 9.67. The van der Waals surface area contributed by atoms with Crippen LogP contribution in [-0.2, 0) is 4.74 Å². The number of aliphatic hydroxyl groups is 1. The molecule has 2 atom stereocenters. The molecular formula is C15H22O3. The number of rotatable bonds is 4. The van der Waals surface area contributed by atoms with Gasteiger partial charge in [-0.15, -0.1) is 0 Å². The number of benzene rings is 1. The third-order valence-corrected chi connectivity index (χ3v) is 3.35. The van der Waals surface area contributed by atoms with E-state index in [2.05, 4.69) is 13.8 Å². The van der Waals surface area contributed by atoms with E-state index >= 15 is 0 Å². The normalized spacial score (nSPS) is 23.9. The molecule has 2 unspecified atom stereocenters. The van der Waals surface area contributed by atoms with Crippen molar-refractivity contribution in [3.8, 4) is 5.75 Å². The average molecular weight is 250 g/mol. The summed E-state index contributed by atoms with van der Waals surface area (Å²) in [6.45, 7) is 6.51. The Labute approximate surface area is 109 Å². The first-order valence-corrected chi connectivity index (χ1v) is 6.55. The highest BCUT2D eigenvalue weighted by Gasteiger charge is 2.32. The third kappa shape index (κ3) is 3.24. The van der Waals surface area contributed by atoms with Gasteiger partial charge in [0.15, 0.2) is 0 Å². The molecule has 1 aliphatic heterocycles. The van der Waals surface area contributed by atoms with E-state index in [9.17, 15) is 5.11 Å². The highest BCUT2D eigenvalue weighted by molar-refractivity contribution is 5.34. The molecule has 1 fully saturated rings. The first-order valence-electron chi connectivity index (χ1n) is 6.55. The monoisotopic (exact) mass is 250 g/mol. The number of para-hydroxylation sites is 1. The minimum atomic E-state index is -0.512. The highest BCUT2D eigenvalue weighted by Crippen LogP contribution is 2.30. The van der Waals surface area contributed by atoms with Crippen molar-refractivity contribution in [2.24, 2.45) is 0 Å². The average Bonchev–Trinajstić information content (AvgIpc) is 2.66. The minimum Gasteiger partial charge on any atom is -0.490 e. The second-order valence-electron chi connectivity index (χ2n) is 5.56. The van der Waals surface area contributed by atoms with Crippen LogP contribution in [0.3, 0.4) is 0 Å². The lowest BCUT2D eigenvalue weighted by Gasteiger charge is -2.20. The van der Waals surface area contributed by atoms with Crippen molar-refractivity contribution in [1.29, 1.82) is 0 Å². The SMILES string of the molecule is CC(O)c1ccccc1OCC1CCC(C)(C)O1. The summed E-state index contributed by atoms with van der Waals surface area (Å²) in [5.41, 5.74) is 0.799. The fourth-order valence-electron chi connectivity index (χ4n) is 2.33. The first kappa shape index (κ1) is 13.4. The second kappa shape index (κ2) is 5.29. The van der Waals surface area contributed by atoms with Gasteiger partial charge in [-0.2, -0.15) is 0 Å². The fraction of sp³-hybridized carbons (Fsp3) is 0.600. The molecule has 3 nitrogen and oxygen atoms in total. The van der Waals surface area contributed by atoms with Crippen LogP contribution in [0.4, 0.5) is 0 Å². The molecule has 1 aromatic rings. The number of aliphatic hydroxyl groups excluding tert-OH is 1. The maximum Gasteiger partial charge on any atom is 0.125 e. The minimum absolute atomic E-state index is 0.0299. The van der Waals surface area contributed by atoms with Gasteiger partial charge in [0.25, 0.3) is 0 Å². The summed E-state index contributed by atoms with van der Waals surface area (Å²) >= 11 is 0. The fourth-order valence-corrected chi connectivity index (χ4v) is 2.33. The molecule has 1 saturated heterocycles. The Hall–Kier alpha value is -1.06. The Morgan fingerprint density at radius 1 is 1.44 bits per heavy atom. The van der Waals surface area contributed by atoms with Crippen LogP contribution in [0.15, 0.2) is 24.3 Å². The van der Waals surface area contributed by atoms with Gasteiger partial charge in [-0.3, -0.25) is 0 Å². The largest absolute Gasteiger partial charge is 0.490 e. The van der Waals surface area contributed by atoms with E-state index in [0.717, 1.165) is 24.2 Å². The van der Waals surface area contributed by atoms with Crippen LogP contribution in [0.25, 0.3) is 0 Å². The summed E-state index contributed by atoms with van der Waals surface area (Å²) in [4.78, 5) is 0. The molecule has 0 aliphatic carbocycles. The molecule has 100 valence electrons. The first-order chi connectivity index (χ1) is 8.48. The summed E-state index contributed by atoms with van der Waals surface area (Å²) in [6, 6.07) is 7.60. The zero-order valence-corrected chi connectivity index (χ0v) is 11.3. The lowest BCUT2D eigenvalue weighted by atomic mass is 10.1. The van der Waals surface area contributed by atoms with Gasteiger partial charge >= 0.3 is 0 Å². The van der Waals surface area contributed by atoms with Gasteiger partial charge in [0.1, 0.15) is 12.4 Å². The van der Waals surface area contributed by atoms with Crippen LogP contribution >= 0.6 is 0 Å². The highest BCUT2D eigenvalue weighted by atomic mass is 16.6. The lowest BCUT2D eigenvalue weighted by molar-refractivity contribution is -0.0329. The summed E-state index contributed by atoms with van der Waals surface area (Å²) in [5.74, 6) is 0.751. The van der Waals surface area contributed by atoms with Crippen molar-refractivity contribution in [1.82, 2.24) is 0 Å². The van der Waals surface area contributed by atoms with E-state index in [1.165, 1.54) is 0 Å². The van der Waals surface area contributed by atoms with E-state index in [-0.39, 0.29) is 11.7 Å². The van der Waals surface area contributed by atoms with E-state index < -0.39 is 6.10 Å². The molecule has 2 rings (SSSR count). The lowest BCUT2D eigenvalue weighted by Crippen LogP contribution is -2.24. The van der Waals surface area contributed by atoms with Crippen LogP contribution in [0.2, 0.25) is 0 Å². The summed E-state index contributed by atoms with van der Waals surface area (Å²) in [6.07, 6.45) is 1.74. The van der Waals surface area contributed by atoms with Crippen LogP contribution in [0.1, 0.15) is 45.3 Å². The molecule has 0 bridgehead atoms. The summed E-state index contributed by atoms with van der Waals surface area (Å²) in [7, 11) is 0. The second-order valence-corrected chi connectivity index (χ2v) is 5.56. The van der Waals surface area contributed by atoms with E-state index in [4.69, 9.17) is 9.47 Å². The Bertz CT molecular complexity index is 398. The van der Waals surface area contributed by atoms with Crippen molar-refractivity contribution in [2.75, 3.05) is 6.61 Å². The van der Waals surface area contributed by atoms with Gasteiger partial charge in [-0.05, 0) is 39.7 Å². The Morgan fingerprint density at radius 3 is 2.78 bits per heavy atom. The van der Waals surface area contributed by atoms with Crippen molar-refractivity contribution in [3.05, 3.63) is 29.8 Å². The Kier molecular flexibility index (Phi) is 3.93. The smallest absolute Gasteiger partial charge is 0.125 e. The van der Waals surface area contributed by atoms with Gasteiger partial charge in [0.05, 0.1) is 17.8 Å². The van der Waals surface area contributed by atoms with Crippen molar-refractivity contribution >= 4 is 0 Å². The topological polar surface area (TPSA) is 38.7 Å². The molecular weight excluding hydrogens is 228 g/mol. The third-order valence-electron chi connectivity index (χ3n) is 3.35. The number of ether oxygens (including phenoxy) is 2. The van der Waals surface area contributed by atoms with Crippen molar-refractivity contribution in [3.63, 3.8) is 0 Å². The molecule has 0 spiro atoms. The van der Waals surface area contributed by atoms with E-state index in [0.29, 0.717) is 6.61 Å². The van der Waals surface area contributed by atoms with E-state index in [1.807, 2.05) is 24.3 Å². The molecule has 1 N–H and O–H groups in total. The van der Waals surface area contributed by atoms with Crippen LogP contribution in [0.5, 0.6) is 5.75 Å². The predicted molar refractivity (Wildman–Crippen MR) is 70.8 cm³/mol. The molecule has 0 saturated carbocycles.